The van der Waals surface area contributed by atoms with E-state index in [1.807, 2.05) is 67.6 Å². The standard InChI is InChI=1S/C31H29NO5/c1-20-28(31(35)37-17-16-36-25-10-6-3-7-11-25)29(22-12-14-24(33)15-13-22)30-26(32-20)18-23(19-27(30)34)21-8-4-2-5-9-21/h2-15,23,29,32-33H,16-19H2,1H3/t23-,29-/m1/s1. The molecule has 0 saturated carbocycles. The molecule has 2 atom stereocenters. The monoisotopic (exact) mass is 495 g/mol. The normalized spacial score (nSPS) is 19.2. The van der Waals surface area contributed by atoms with Gasteiger partial charge < -0.3 is 19.9 Å². The van der Waals surface area contributed by atoms with E-state index >= 15 is 0 Å². The van der Waals surface area contributed by atoms with E-state index in [4.69, 9.17) is 9.47 Å². The molecule has 1 aliphatic heterocycles. The van der Waals surface area contributed by atoms with Gasteiger partial charge in [-0.05, 0) is 54.7 Å². The predicted octanol–water partition coefficient (Wildman–Crippen LogP) is 5.38. The fourth-order valence-electron chi connectivity index (χ4n) is 5.16. The Kier molecular flexibility index (Phi) is 7.08. The lowest BCUT2D eigenvalue weighted by atomic mass is 9.72. The van der Waals surface area contributed by atoms with Crippen molar-refractivity contribution in [2.24, 2.45) is 0 Å². The van der Waals surface area contributed by atoms with Crippen molar-refractivity contribution in [1.29, 1.82) is 0 Å². The number of hydrogen-bond acceptors (Lipinski definition) is 6. The van der Waals surface area contributed by atoms with Crippen LogP contribution in [0.4, 0.5) is 0 Å². The van der Waals surface area contributed by atoms with Gasteiger partial charge in [0.2, 0.25) is 0 Å². The number of nitrogens with one attached hydrogen (secondary N) is 1. The number of hydrogen-bond donors (Lipinski definition) is 2. The van der Waals surface area contributed by atoms with Gasteiger partial charge in [-0.25, -0.2) is 4.79 Å². The molecular weight excluding hydrogens is 466 g/mol. The van der Waals surface area contributed by atoms with E-state index in [0.29, 0.717) is 35.4 Å². The average Bonchev–Trinajstić information content (AvgIpc) is 2.91. The number of benzene rings is 3. The minimum Gasteiger partial charge on any atom is -0.508 e. The van der Waals surface area contributed by atoms with Crippen LogP contribution >= 0.6 is 0 Å². The third kappa shape index (κ3) is 5.28. The highest BCUT2D eigenvalue weighted by Gasteiger charge is 2.41. The molecule has 6 nitrogen and oxygen atoms in total. The van der Waals surface area contributed by atoms with Crippen LogP contribution in [0.15, 0.2) is 107 Å². The maximum absolute atomic E-state index is 13.6. The first kappa shape index (κ1) is 24.4. The van der Waals surface area contributed by atoms with Crippen molar-refractivity contribution in [2.75, 3.05) is 13.2 Å². The van der Waals surface area contributed by atoms with Crippen LogP contribution in [0.5, 0.6) is 11.5 Å². The lowest BCUT2D eigenvalue weighted by Gasteiger charge is -2.36. The molecular formula is C31H29NO5. The minimum absolute atomic E-state index is 0.00545. The molecule has 0 bridgehead atoms. The Morgan fingerprint density at radius 3 is 2.27 bits per heavy atom. The van der Waals surface area contributed by atoms with E-state index in [2.05, 4.69) is 5.32 Å². The van der Waals surface area contributed by atoms with Gasteiger partial charge in [0.05, 0.1) is 5.57 Å². The average molecular weight is 496 g/mol. The summed E-state index contributed by atoms with van der Waals surface area (Å²) in [6, 6.07) is 26.0. The van der Waals surface area contributed by atoms with E-state index < -0.39 is 11.9 Å². The number of para-hydroxylation sites is 1. The number of ether oxygens (including phenoxy) is 2. The second-order valence-corrected chi connectivity index (χ2v) is 9.32. The number of Topliss-reactive ketones (excluding diaryl/α,β-unsaturated/α-hetero) is 1. The van der Waals surface area contributed by atoms with Crippen LogP contribution < -0.4 is 10.1 Å². The molecule has 37 heavy (non-hydrogen) atoms. The fourth-order valence-corrected chi connectivity index (χ4v) is 5.16. The summed E-state index contributed by atoms with van der Waals surface area (Å²) in [4.78, 5) is 27.0. The fraction of sp³-hybridized carbons (Fsp3) is 0.226. The summed E-state index contributed by atoms with van der Waals surface area (Å²) in [6.07, 6.45) is 1.04. The summed E-state index contributed by atoms with van der Waals surface area (Å²) in [5, 5.41) is 13.2. The number of carbonyl (C=O) groups is 2. The zero-order valence-corrected chi connectivity index (χ0v) is 20.6. The van der Waals surface area contributed by atoms with E-state index in [9.17, 15) is 14.7 Å². The van der Waals surface area contributed by atoms with Crippen LogP contribution in [0.1, 0.15) is 42.7 Å². The zero-order valence-electron chi connectivity index (χ0n) is 20.6. The molecule has 3 aromatic rings. The highest BCUT2D eigenvalue weighted by Crippen LogP contribution is 2.45. The summed E-state index contributed by atoms with van der Waals surface area (Å²) in [6.45, 7) is 2.12. The third-order valence-corrected chi connectivity index (χ3v) is 6.87. The van der Waals surface area contributed by atoms with Gasteiger partial charge in [-0.1, -0.05) is 60.7 Å². The molecule has 0 amide bonds. The van der Waals surface area contributed by atoms with Crippen LogP contribution in [-0.4, -0.2) is 30.1 Å². The molecule has 2 N–H and O–H groups in total. The number of ketones is 1. The quantitative estimate of drug-likeness (QED) is 0.338. The maximum Gasteiger partial charge on any atom is 0.336 e. The van der Waals surface area contributed by atoms with E-state index in [1.165, 1.54) is 0 Å². The number of phenols is 1. The number of carbonyl (C=O) groups excluding carboxylic acids is 2. The van der Waals surface area contributed by atoms with Crippen molar-refractivity contribution in [3.8, 4) is 11.5 Å². The third-order valence-electron chi connectivity index (χ3n) is 6.87. The predicted molar refractivity (Wildman–Crippen MR) is 140 cm³/mol. The number of phenolic OH excluding ortho intramolecular Hbond substituents is 1. The van der Waals surface area contributed by atoms with Gasteiger partial charge >= 0.3 is 5.97 Å². The van der Waals surface area contributed by atoms with Crippen molar-refractivity contribution in [1.82, 2.24) is 5.32 Å². The second kappa shape index (κ2) is 10.7. The topological polar surface area (TPSA) is 84.9 Å². The Bertz CT molecular complexity index is 1340. The largest absolute Gasteiger partial charge is 0.508 e. The first-order chi connectivity index (χ1) is 18.0. The molecule has 2 aliphatic rings. The summed E-state index contributed by atoms with van der Waals surface area (Å²) < 4.78 is 11.3. The molecule has 0 aromatic heterocycles. The van der Waals surface area contributed by atoms with Crippen molar-refractivity contribution >= 4 is 11.8 Å². The molecule has 1 aliphatic carbocycles. The summed E-state index contributed by atoms with van der Waals surface area (Å²) in [7, 11) is 0. The molecule has 188 valence electrons. The van der Waals surface area contributed by atoms with Crippen molar-refractivity contribution < 1.29 is 24.2 Å². The molecule has 0 fully saturated rings. The SMILES string of the molecule is CC1=C(C(=O)OCCOc2ccccc2)[C@@H](c2ccc(O)cc2)C2=C(C[C@@H](c3ccccc3)CC2=O)N1. The first-order valence-corrected chi connectivity index (χ1v) is 12.4. The Hall–Kier alpha value is -4.32. The van der Waals surface area contributed by atoms with Crippen molar-refractivity contribution in [3.05, 3.63) is 119 Å². The molecule has 0 unspecified atom stereocenters. The number of esters is 1. The van der Waals surface area contributed by atoms with Crippen LogP contribution in [0, 0.1) is 0 Å². The lowest BCUT2D eigenvalue weighted by Crippen LogP contribution is -2.36. The lowest BCUT2D eigenvalue weighted by molar-refractivity contribution is -0.140. The van der Waals surface area contributed by atoms with Gasteiger partial charge in [-0.3, -0.25) is 4.79 Å². The summed E-state index contributed by atoms with van der Waals surface area (Å²) in [5.41, 5.74) is 4.37. The van der Waals surface area contributed by atoms with Crippen LogP contribution in [0.25, 0.3) is 0 Å². The van der Waals surface area contributed by atoms with Gasteiger partial charge in [0, 0.05) is 29.3 Å². The zero-order chi connectivity index (χ0) is 25.8. The Labute approximate surface area is 216 Å². The molecule has 0 spiro atoms. The molecule has 0 saturated heterocycles. The number of dihydropyridines is 1. The summed E-state index contributed by atoms with van der Waals surface area (Å²) >= 11 is 0. The number of aromatic hydroxyl groups is 1. The van der Waals surface area contributed by atoms with Crippen molar-refractivity contribution in [3.63, 3.8) is 0 Å². The molecule has 6 heteroatoms. The highest BCUT2D eigenvalue weighted by atomic mass is 16.6. The molecule has 0 radical (unpaired) electrons. The Balaban J connectivity index is 1.41. The van der Waals surface area contributed by atoms with Gasteiger partial charge in [0.1, 0.15) is 24.7 Å². The Morgan fingerprint density at radius 1 is 0.892 bits per heavy atom. The molecule has 1 heterocycles. The van der Waals surface area contributed by atoms with Gasteiger partial charge in [-0.15, -0.1) is 0 Å². The summed E-state index contributed by atoms with van der Waals surface area (Å²) in [5.74, 6) is -0.185. The van der Waals surface area contributed by atoms with Crippen molar-refractivity contribution in [2.45, 2.75) is 31.6 Å². The van der Waals surface area contributed by atoms with E-state index in [0.717, 1.165) is 16.8 Å². The van der Waals surface area contributed by atoms with Gasteiger partial charge in [-0.2, -0.15) is 0 Å². The van der Waals surface area contributed by atoms with E-state index in [-0.39, 0.29) is 30.7 Å². The van der Waals surface area contributed by atoms with Crippen LogP contribution in [-0.2, 0) is 14.3 Å². The molecule has 3 aromatic carbocycles. The highest BCUT2D eigenvalue weighted by molar-refractivity contribution is 6.04. The first-order valence-electron chi connectivity index (χ1n) is 12.4. The Morgan fingerprint density at radius 2 is 1.57 bits per heavy atom. The minimum atomic E-state index is -0.580. The number of allylic oxidation sites excluding steroid dienone is 3. The van der Waals surface area contributed by atoms with Crippen LogP contribution in [0.3, 0.4) is 0 Å². The van der Waals surface area contributed by atoms with Gasteiger partial charge in [0.25, 0.3) is 0 Å². The second-order valence-electron chi connectivity index (χ2n) is 9.32. The molecule has 5 rings (SSSR count). The van der Waals surface area contributed by atoms with E-state index in [1.54, 1.807) is 24.3 Å². The van der Waals surface area contributed by atoms with Gasteiger partial charge in [0.15, 0.2) is 5.78 Å². The maximum atomic E-state index is 13.6. The smallest absolute Gasteiger partial charge is 0.336 e. The number of rotatable bonds is 7. The van der Waals surface area contributed by atoms with Crippen LogP contribution in [0.2, 0.25) is 0 Å².